The van der Waals surface area contributed by atoms with Gasteiger partial charge in [-0.05, 0) is 29.7 Å². The van der Waals surface area contributed by atoms with Crippen molar-refractivity contribution < 1.29 is 14.3 Å². The summed E-state index contributed by atoms with van der Waals surface area (Å²) in [6, 6.07) is 15.6. The molecule has 6 nitrogen and oxygen atoms in total. The van der Waals surface area contributed by atoms with E-state index in [4.69, 9.17) is 4.74 Å². The number of methoxy groups -OCH3 is 1. The van der Waals surface area contributed by atoms with Crippen LogP contribution in [0.3, 0.4) is 0 Å². The number of hydrogen-bond donors (Lipinski definition) is 1. The van der Waals surface area contributed by atoms with Crippen LogP contribution in [0.4, 0.5) is 11.4 Å². The maximum atomic E-state index is 12.6. The van der Waals surface area contributed by atoms with Crippen molar-refractivity contribution >= 4 is 23.2 Å². The van der Waals surface area contributed by atoms with Crippen molar-refractivity contribution in [2.75, 3.05) is 43.5 Å². The van der Waals surface area contributed by atoms with Crippen molar-refractivity contribution in [1.29, 1.82) is 0 Å². The minimum Gasteiger partial charge on any atom is -0.495 e. The minimum absolute atomic E-state index is 0.135. The predicted octanol–water partition coefficient (Wildman–Crippen LogP) is 3.50. The van der Waals surface area contributed by atoms with Gasteiger partial charge < -0.3 is 19.9 Å². The first-order valence-electron chi connectivity index (χ1n) is 10.0. The van der Waals surface area contributed by atoms with Crippen LogP contribution in [0.15, 0.2) is 48.5 Å². The fraction of sp³-hybridized carbons (Fsp3) is 0.391. The number of para-hydroxylation sites is 3. The largest absolute Gasteiger partial charge is 0.495 e. The van der Waals surface area contributed by atoms with Crippen LogP contribution in [0.2, 0.25) is 0 Å². The summed E-state index contributed by atoms with van der Waals surface area (Å²) in [6.07, 6.45) is -0.138. The van der Waals surface area contributed by atoms with E-state index in [0.717, 1.165) is 22.7 Å². The van der Waals surface area contributed by atoms with E-state index in [1.165, 1.54) is 0 Å². The number of nitrogens with one attached hydrogen (secondary N) is 1. The Labute approximate surface area is 172 Å². The number of nitrogens with zero attached hydrogens (tertiary/aromatic N) is 2. The van der Waals surface area contributed by atoms with Gasteiger partial charge >= 0.3 is 0 Å². The molecule has 1 saturated heterocycles. The Balaban J connectivity index is 1.54. The van der Waals surface area contributed by atoms with Crippen molar-refractivity contribution in [3.05, 3.63) is 54.1 Å². The Bertz CT molecular complexity index is 858. The zero-order valence-electron chi connectivity index (χ0n) is 17.4. The number of amides is 2. The van der Waals surface area contributed by atoms with Crippen LogP contribution in [-0.4, -0.2) is 50.0 Å². The molecule has 0 aromatic heterocycles. The average Bonchev–Trinajstić information content (AvgIpc) is 2.74. The van der Waals surface area contributed by atoms with Gasteiger partial charge in [-0.3, -0.25) is 9.59 Å². The maximum Gasteiger partial charge on any atom is 0.233 e. The number of rotatable bonds is 6. The lowest BCUT2D eigenvalue weighted by molar-refractivity contribution is -0.134. The normalized spacial score (nSPS) is 14.1. The standard InChI is InChI=1S/C23H29N3O3/c1-17(2)18-8-4-5-9-19(18)24-22(27)16-23(28)26-14-12-25(13-15-26)20-10-6-7-11-21(20)29-3/h4-11,17H,12-16H2,1-3H3,(H,24,27). The maximum absolute atomic E-state index is 12.6. The molecule has 2 amide bonds. The highest BCUT2D eigenvalue weighted by Gasteiger charge is 2.24. The molecule has 0 unspecified atom stereocenters. The van der Waals surface area contributed by atoms with Gasteiger partial charge in [0.15, 0.2) is 0 Å². The Kier molecular flexibility index (Phi) is 6.75. The van der Waals surface area contributed by atoms with Gasteiger partial charge in [-0.1, -0.05) is 44.2 Å². The summed E-state index contributed by atoms with van der Waals surface area (Å²) in [5.41, 5.74) is 2.88. The lowest BCUT2D eigenvalue weighted by Crippen LogP contribution is -2.49. The van der Waals surface area contributed by atoms with Gasteiger partial charge in [-0.25, -0.2) is 0 Å². The van der Waals surface area contributed by atoms with Crippen LogP contribution in [-0.2, 0) is 9.59 Å². The minimum atomic E-state index is -0.268. The Morgan fingerprint density at radius 3 is 2.34 bits per heavy atom. The topological polar surface area (TPSA) is 61.9 Å². The van der Waals surface area contributed by atoms with Crippen LogP contribution in [0, 0.1) is 0 Å². The molecule has 1 aliphatic rings. The zero-order valence-corrected chi connectivity index (χ0v) is 17.4. The molecule has 0 saturated carbocycles. The summed E-state index contributed by atoms with van der Waals surface area (Å²) in [5.74, 6) is 0.722. The molecule has 2 aromatic rings. The van der Waals surface area contributed by atoms with Crippen LogP contribution in [0.1, 0.15) is 31.7 Å². The lowest BCUT2D eigenvalue weighted by Gasteiger charge is -2.36. The van der Waals surface area contributed by atoms with E-state index < -0.39 is 0 Å². The average molecular weight is 396 g/mol. The highest BCUT2D eigenvalue weighted by molar-refractivity contribution is 6.04. The Hall–Kier alpha value is -3.02. The number of anilines is 2. The number of hydrogen-bond acceptors (Lipinski definition) is 4. The molecule has 0 bridgehead atoms. The molecule has 154 valence electrons. The second-order valence-electron chi connectivity index (χ2n) is 7.51. The van der Waals surface area contributed by atoms with Gasteiger partial charge in [0.25, 0.3) is 0 Å². The van der Waals surface area contributed by atoms with E-state index >= 15 is 0 Å². The van der Waals surface area contributed by atoms with Crippen molar-refractivity contribution in [2.45, 2.75) is 26.2 Å². The highest BCUT2D eigenvalue weighted by atomic mass is 16.5. The number of carbonyl (C=O) groups excluding carboxylic acids is 2. The Morgan fingerprint density at radius 1 is 1.00 bits per heavy atom. The molecule has 0 aliphatic carbocycles. The quantitative estimate of drug-likeness (QED) is 0.761. The van der Waals surface area contributed by atoms with Crippen LogP contribution in [0.5, 0.6) is 5.75 Å². The highest BCUT2D eigenvalue weighted by Crippen LogP contribution is 2.28. The third kappa shape index (κ3) is 5.08. The zero-order chi connectivity index (χ0) is 20.8. The van der Waals surface area contributed by atoms with Crippen LogP contribution in [0.25, 0.3) is 0 Å². The fourth-order valence-electron chi connectivity index (χ4n) is 3.65. The molecular formula is C23H29N3O3. The van der Waals surface area contributed by atoms with Crippen molar-refractivity contribution in [3.8, 4) is 5.75 Å². The Morgan fingerprint density at radius 2 is 1.66 bits per heavy atom. The first kappa shape index (κ1) is 20.7. The molecule has 0 atom stereocenters. The molecule has 2 aromatic carbocycles. The first-order chi connectivity index (χ1) is 14.0. The molecule has 1 fully saturated rings. The van der Waals surface area contributed by atoms with E-state index in [1.807, 2.05) is 48.5 Å². The molecular weight excluding hydrogens is 366 g/mol. The molecule has 29 heavy (non-hydrogen) atoms. The summed E-state index contributed by atoms with van der Waals surface area (Å²) in [4.78, 5) is 29.0. The van der Waals surface area contributed by atoms with Crippen LogP contribution < -0.4 is 15.0 Å². The fourth-order valence-corrected chi connectivity index (χ4v) is 3.65. The number of carbonyl (C=O) groups is 2. The van der Waals surface area contributed by atoms with Gasteiger partial charge in [-0.2, -0.15) is 0 Å². The van der Waals surface area contributed by atoms with E-state index in [2.05, 4.69) is 24.1 Å². The van der Waals surface area contributed by atoms with E-state index in [9.17, 15) is 9.59 Å². The van der Waals surface area contributed by atoms with Gasteiger partial charge in [-0.15, -0.1) is 0 Å². The predicted molar refractivity (Wildman–Crippen MR) is 116 cm³/mol. The first-order valence-corrected chi connectivity index (χ1v) is 10.0. The molecule has 0 spiro atoms. The van der Waals surface area contributed by atoms with Crippen molar-refractivity contribution in [3.63, 3.8) is 0 Å². The summed E-state index contributed by atoms with van der Waals surface area (Å²) >= 11 is 0. The summed E-state index contributed by atoms with van der Waals surface area (Å²) < 4.78 is 5.43. The number of benzene rings is 2. The number of piperazine rings is 1. The smallest absolute Gasteiger partial charge is 0.233 e. The summed E-state index contributed by atoms with van der Waals surface area (Å²) in [7, 11) is 1.66. The third-order valence-corrected chi connectivity index (χ3v) is 5.23. The van der Waals surface area contributed by atoms with Gasteiger partial charge in [0.2, 0.25) is 11.8 Å². The molecule has 0 radical (unpaired) electrons. The molecule has 1 N–H and O–H groups in total. The summed E-state index contributed by atoms with van der Waals surface area (Å²) in [5, 5.41) is 2.90. The van der Waals surface area contributed by atoms with E-state index in [-0.39, 0.29) is 18.2 Å². The summed E-state index contributed by atoms with van der Waals surface area (Å²) in [6.45, 7) is 6.77. The van der Waals surface area contributed by atoms with E-state index in [1.54, 1.807) is 12.0 Å². The number of ether oxygens (including phenoxy) is 1. The third-order valence-electron chi connectivity index (χ3n) is 5.23. The van der Waals surface area contributed by atoms with Crippen LogP contribution >= 0.6 is 0 Å². The SMILES string of the molecule is COc1ccccc1N1CCN(C(=O)CC(=O)Nc2ccccc2C(C)C)CC1. The monoisotopic (exact) mass is 395 g/mol. The second-order valence-corrected chi connectivity index (χ2v) is 7.51. The van der Waals surface area contributed by atoms with Gasteiger partial charge in [0, 0.05) is 31.9 Å². The lowest BCUT2D eigenvalue weighted by atomic mass is 10.0. The van der Waals surface area contributed by atoms with Crippen molar-refractivity contribution in [1.82, 2.24) is 4.90 Å². The van der Waals surface area contributed by atoms with E-state index in [0.29, 0.717) is 32.1 Å². The molecule has 1 aliphatic heterocycles. The van der Waals surface area contributed by atoms with Gasteiger partial charge in [0.1, 0.15) is 12.2 Å². The second kappa shape index (κ2) is 9.45. The molecule has 1 heterocycles. The molecule has 3 rings (SSSR count). The van der Waals surface area contributed by atoms with Crippen molar-refractivity contribution in [2.24, 2.45) is 0 Å². The molecule has 6 heteroatoms. The van der Waals surface area contributed by atoms with Gasteiger partial charge in [0.05, 0.1) is 12.8 Å².